The molecule has 0 radical (unpaired) electrons. The van der Waals surface area contributed by atoms with Crippen molar-refractivity contribution in [2.45, 2.75) is 24.8 Å². The van der Waals surface area contributed by atoms with Gasteiger partial charge in [0.1, 0.15) is 11.7 Å². The first-order valence-corrected chi connectivity index (χ1v) is 10.4. The van der Waals surface area contributed by atoms with Gasteiger partial charge in [0, 0.05) is 13.0 Å². The highest BCUT2D eigenvalue weighted by atomic mass is 32.2. The lowest BCUT2D eigenvalue weighted by Gasteiger charge is -2.32. The third-order valence-corrected chi connectivity index (χ3v) is 6.11. The van der Waals surface area contributed by atoms with Crippen LogP contribution in [0.4, 0.5) is 10.1 Å². The van der Waals surface area contributed by atoms with E-state index in [1.54, 1.807) is 47.4 Å². The number of hydrogen-bond donors (Lipinski definition) is 0. The highest BCUT2D eigenvalue weighted by Gasteiger charge is 2.27. The molecule has 1 aliphatic rings. The van der Waals surface area contributed by atoms with Gasteiger partial charge in [-0.15, -0.1) is 4.40 Å². The maximum Gasteiger partial charge on any atom is 0.283 e. The molecule has 0 fully saturated rings. The number of amidine groups is 1. The zero-order chi connectivity index (χ0) is 19.7. The van der Waals surface area contributed by atoms with Gasteiger partial charge in [0.2, 0.25) is 0 Å². The molecule has 0 saturated carbocycles. The van der Waals surface area contributed by atoms with Crippen LogP contribution in [-0.2, 0) is 23.0 Å². The highest BCUT2D eigenvalue weighted by Crippen LogP contribution is 2.29. The van der Waals surface area contributed by atoms with Crippen molar-refractivity contribution >= 4 is 21.5 Å². The van der Waals surface area contributed by atoms with Crippen LogP contribution in [0.25, 0.3) is 0 Å². The lowest BCUT2D eigenvalue weighted by molar-refractivity contribution is 0.597. The van der Waals surface area contributed by atoms with Crippen LogP contribution in [0, 0.1) is 12.7 Å². The summed E-state index contributed by atoms with van der Waals surface area (Å²) in [6.07, 6.45) is 0.315. The largest absolute Gasteiger partial charge is 0.322 e. The molecule has 0 bridgehead atoms. The van der Waals surface area contributed by atoms with Crippen LogP contribution in [0.15, 0.2) is 82.1 Å². The third-order valence-electron chi connectivity index (χ3n) is 4.79. The number of fused-ring (bicyclic) bond motifs is 1. The fraction of sp³-hybridized carbons (Fsp3) is 0.136. The Morgan fingerprint density at radius 3 is 2.25 bits per heavy atom. The number of aryl methyl sites for hydroxylation is 1. The zero-order valence-corrected chi connectivity index (χ0v) is 16.2. The fourth-order valence-corrected chi connectivity index (χ4v) is 4.32. The Balaban J connectivity index is 1.83. The van der Waals surface area contributed by atoms with Gasteiger partial charge < -0.3 is 4.90 Å². The first-order chi connectivity index (χ1) is 13.4. The van der Waals surface area contributed by atoms with E-state index in [-0.39, 0.29) is 4.90 Å². The first kappa shape index (κ1) is 18.4. The van der Waals surface area contributed by atoms with Crippen molar-refractivity contribution in [3.63, 3.8) is 0 Å². The van der Waals surface area contributed by atoms with E-state index in [9.17, 15) is 12.8 Å². The average Bonchev–Trinajstić information content (AvgIpc) is 2.68. The SMILES string of the molecule is Cc1ccc(S(=O)(=O)N=C2Cc3ccccc3CN2c2ccccc2F)cc1. The Morgan fingerprint density at radius 1 is 0.893 bits per heavy atom. The number of sulfonamides is 1. The number of nitrogens with zero attached hydrogens (tertiary/aromatic N) is 2. The minimum atomic E-state index is -3.91. The Hall–Kier alpha value is -2.99. The maximum atomic E-state index is 14.5. The Morgan fingerprint density at radius 2 is 1.54 bits per heavy atom. The number of halogens is 1. The highest BCUT2D eigenvalue weighted by molar-refractivity contribution is 7.90. The molecule has 4 rings (SSSR count). The number of rotatable bonds is 3. The second-order valence-corrected chi connectivity index (χ2v) is 8.38. The summed E-state index contributed by atoms with van der Waals surface area (Å²) >= 11 is 0. The van der Waals surface area contributed by atoms with Gasteiger partial charge in [0.25, 0.3) is 10.0 Å². The van der Waals surface area contributed by atoms with Crippen molar-refractivity contribution in [3.8, 4) is 0 Å². The molecule has 0 amide bonds. The van der Waals surface area contributed by atoms with Gasteiger partial charge in [-0.2, -0.15) is 8.42 Å². The lowest BCUT2D eigenvalue weighted by atomic mass is 9.98. The van der Waals surface area contributed by atoms with Crippen molar-refractivity contribution < 1.29 is 12.8 Å². The molecular weight excluding hydrogens is 375 g/mol. The minimum absolute atomic E-state index is 0.123. The van der Waals surface area contributed by atoms with Gasteiger partial charge in [0.05, 0.1) is 10.6 Å². The van der Waals surface area contributed by atoms with Gasteiger partial charge in [-0.25, -0.2) is 4.39 Å². The molecule has 1 heterocycles. The Kier molecular flexibility index (Phi) is 4.73. The van der Waals surface area contributed by atoms with Gasteiger partial charge in [-0.3, -0.25) is 0 Å². The van der Waals surface area contributed by atoms with E-state index in [1.807, 2.05) is 31.2 Å². The first-order valence-electron chi connectivity index (χ1n) is 8.93. The second kappa shape index (κ2) is 7.20. The van der Waals surface area contributed by atoms with Crippen molar-refractivity contribution in [3.05, 3.63) is 95.3 Å². The number of benzene rings is 3. The summed E-state index contributed by atoms with van der Waals surface area (Å²) in [5.74, 6) is -0.105. The second-order valence-electron chi connectivity index (χ2n) is 6.78. The van der Waals surface area contributed by atoms with Gasteiger partial charge in [-0.05, 0) is 42.3 Å². The fourth-order valence-electron chi connectivity index (χ4n) is 3.29. The molecule has 1 aliphatic heterocycles. The molecule has 28 heavy (non-hydrogen) atoms. The molecule has 0 N–H and O–H groups in total. The van der Waals surface area contributed by atoms with Crippen LogP contribution in [0.3, 0.4) is 0 Å². The van der Waals surface area contributed by atoms with Crippen molar-refractivity contribution in [1.29, 1.82) is 0 Å². The van der Waals surface area contributed by atoms with E-state index >= 15 is 0 Å². The molecule has 0 aromatic heterocycles. The van der Waals surface area contributed by atoms with Crippen LogP contribution in [0.1, 0.15) is 16.7 Å². The molecule has 0 unspecified atom stereocenters. The van der Waals surface area contributed by atoms with Crippen LogP contribution in [0.2, 0.25) is 0 Å². The molecule has 0 saturated heterocycles. The molecule has 0 atom stereocenters. The molecule has 142 valence electrons. The predicted molar refractivity (Wildman–Crippen MR) is 109 cm³/mol. The smallest absolute Gasteiger partial charge is 0.283 e. The predicted octanol–water partition coefficient (Wildman–Crippen LogP) is 4.48. The van der Waals surface area contributed by atoms with Crippen LogP contribution >= 0.6 is 0 Å². The standard InChI is InChI=1S/C22H19FN2O2S/c1-16-10-12-19(13-11-16)28(26,27)24-22-14-17-6-2-3-7-18(17)15-25(22)21-9-5-4-8-20(21)23/h2-13H,14-15H2,1H3. The Bertz CT molecular complexity index is 1160. The summed E-state index contributed by atoms with van der Waals surface area (Å²) in [6, 6.07) is 20.6. The lowest BCUT2D eigenvalue weighted by Crippen LogP contribution is -2.37. The number of anilines is 1. The molecule has 0 spiro atoms. The average molecular weight is 394 g/mol. The molecule has 3 aromatic carbocycles. The maximum absolute atomic E-state index is 14.5. The van der Waals surface area contributed by atoms with Crippen LogP contribution < -0.4 is 4.90 Å². The molecular formula is C22H19FN2O2S. The minimum Gasteiger partial charge on any atom is -0.322 e. The van der Waals surface area contributed by atoms with Gasteiger partial charge in [-0.1, -0.05) is 54.1 Å². The van der Waals surface area contributed by atoms with Crippen LogP contribution in [0.5, 0.6) is 0 Å². The van der Waals surface area contributed by atoms with E-state index in [4.69, 9.17) is 0 Å². The molecule has 3 aromatic rings. The summed E-state index contributed by atoms with van der Waals surface area (Å²) in [5.41, 5.74) is 3.30. The van der Waals surface area contributed by atoms with Crippen molar-refractivity contribution in [2.75, 3.05) is 4.90 Å². The van der Waals surface area contributed by atoms with Crippen molar-refractivity contribution in [2.24, 2.45) is 4.40 Å². The molecule has 6 heteroatoms. The quantitative estimate of drug-likeness (QED) is 0.658. The summed E-state index contributed by atoms with van der Waals surface area (Å²) in [7, 11) is -3.91. The Labute approximate surface area is 164 Å². The van der Waals surface area contributed by atoms with E-state index in [2.05, 4.69) is 4.40 Å². The summed E-state index contributed by atoms with van der Waals surface area (Å²) in [6.45, 7) is 2.25. The number of para-hydroxylation sites is 1. The van der Waals surface area contributed by atoms with Gasteiger partial charge >= 0.3 is 0 Å². The van der Waals surface area contributed by atoms with Crippen molar-refractivity contribution in [1.82, 2.24) is 0 Å². The number of hydrogen-bond acceptors (Lipinski definition) is 2. The molecule has 0 aliphatic carbocycles. The van der Waals surface area contributed by atoms with E-state index in [0.717, 1.165) is 16.7 Å². The molecule has 4 nitrogen and oxygen atoms in total. The third kappa shape index (κ3) is 3.55. The monoisotopic (exact) mass is 394 g/mol. The van der Waals surface area contributed by atoms with Gasteiger partial charge in [0.15, 0.2) is 0 Å². The summed E-state index contributed by atoms with van der Waals surface area (Å²) in [4.78, 5) is 1.77. The van der Waals surface area contributed by atoms with E-state index in [1.165, 1.54) is 6.07 Å². The summed E-state index contributed by atoms with van der Waals surface area (Å²) in [5, 5.41) is 0. The van der Waals surface area contributed by atoms with Crippen LogP contribution in [-0.4, -0.2) is 14.3 Å². The van der Waals surface area contributed by atoms with E-state index in [0.29, 0.717) is 24.5 Å². The van der Waals surface area contributed by atoms with E-state index < -0.39 is 15.8 Å². The zero-order valence-electron chi connectivity index (χ0n) is 15.3. The topological polar surface area (TPSA) is 49.7 Å². The normalized spacial score (nSPS) is 15.5. The summed E-state index contributed by atoms with van der Waals surface area (Å²) < 4.78 is 44.3.